The molecule has 3 nitrogen and oxygen atoms in total. The van der Waals surface area contributed by atoms with E-state index in [1.54, 1.807) is 11.8 Å². The van der Waals surface area contributed by atoms with Crippen molar-refractivity contribution in [3.05, 3.63) is 29.8 Å². The lowest BCUT2D eigenvalue weighted by Gasteiger charge is -2.19. The summed E-state index contributed by atoms with van der Waals surface area (Å²) in [5.74, 6) is 2.65. The molecular weight excluding hydrogens is 234 g/mol. The molecule has 0 amide bonds. The average molecular weight is 255 g/mol. The van der Waals surface area contributed by atoms with Gasteiger partial charge < -0.3 is 15.2 Å². The average Bonchev–Trinajstić information content (AvgIpc) is 2.36. The number of benzene rings is 1. The zero-order valence-electron chi connectivity index (χ0n) is 10.5. The summed E-state index contributed by atoms with van der Waals surface area (Å²) in [6.45, 7) is 2.90. The molecule has 1 aromatic rings. The van der Waals surface area contributed by atoms with Gasteiger partial charge in [0.2, 0.25) is 0 Å². The molecule has 0 bridgehead atoms. The summed E-state index contributed by atoms with van der Waals surface area (Å²) >= 11 is 1.74. The van der Waals surface area contributed by atoms with Gasteiger partial charge in [0.1, 0.15) is 5.75 Å². The molecule has 4 heteroatoms. The third-order valence-corrected chi connectivity index (χ3v) is 3.50. The zero-order valence-corrected chi connectivity index (χ0v) is 11.3. The monoisotopic (exact) mass is 255 g/mol. The Morgan fingerprint density at radius 2 is 2.18 bits per heavy atom. The van der Waals surface area contributed by atoms with Crippen LogP contribution in [0.4, 0.5) is 0 Å². The fourth-order valence-corrected chi connectivity index (χ4v) is 2.53. The molecule has 1 rings (SSSR count). The lowest BCUT2D eigenvalue weighted by Crippen LogP contribution is -2.20. The molecule has 0 aliphatic heterocycles. The van der Waals surface area contributed by atoms with Crippen LogP contribution >= 0.6 is 11.8 Å². The van der Waals surface area contributed by atoms with Crippen LogP contribution < -0.4 is 10.1 Å². The molecule has 0 saturated heterocycles. The van der Waals surface area contributed by atoms with E-state index in [1.807, 2.05) is 32.2 Å². The zero-order chi connectivity index (χ0) is 12.5. The topological polar surface area (TPSA) is 41.5 Å². The van der Waals surface area contributed by atoms with Crippen molar-refractivity contribution in [2.75, 3.05) is 31.8 Å². The van der Waals surface area contributed by atoms with Gasteiger partial charge in [-0.05, 0) is 20.0 Å². The van der Waals surface area contributed by atoms with E-state index in [4.69, 9.17) is 9.84 Å². The predicted octanol–water partition coefficient (Wildman–Crippen LogP) is 2.07. The molecule has 0 radical (unpaired) electrons. The van der Waals surface area contributed by atoms with Crippen LogP contribution in [-0.4, -0.2) is 36.9 Å². The van der Waals surface area contributed by atoms with Crippen molar-refractivity contribution in [1.29, 1.82) is 0 Å². The number of thioether (sulfide) groups is 1. The SMILES string of the molecule is CCOc1ccccc1C(CSCCO)NC. The Kier molecular flexibility index (Phi) is 7.08. The second-order valence-electron chi connectivity index (χ2n) is 3.61. The first-order valence-electron chi connectivity index (χ1n) is 5.91. The molecule has 96 valence electrons. The van der Waals surface area contributed by atoms with Crippen molar-refractivity contribution >= 4 is 11.8 Å². The Hall–Kier alpha value is -0.710. The lowest BCUT2D eigenvalue weighted by atomic mass is 10.1. The minimum Gasteiger partial charge on any atom is -0.494 e. The van der Waals surface area contributed by atoms with E-state index in [0.717, 1.165) is 17.3 Å². The van der Waals surface area contributed by atoms with E-state index in [0.29, 0.717) is 6.61 Å². The van der Waals surface area contributed by atoms with Crippen LogP contribution in [0.5, 0.6) is 5.75 Å². The minimum absolute atomic E-state index is 0.230. The maximum atomic E-state index is 8.80. The van der Waals surface area contributed by atoms with Gasteiger partial charge >= 0.3 is 0 Å². The van der Waals surface area contributed by atoms with E-state index in [2.05, 4.69) is 11.4 Å². The fourth-order valence-electron chi connectivity index (χ4n) is 1.65. The second-order valence-corrected chi connectivity index (χ2v) is 4.76. The Bertz CT molecular complexity index is 320. The Labute approximate surface area is 108 Å². The first kappa shape index (κ1) is 14.4. The molecule has 0 aliphatic rings. The van der Waals surface area contributed by atoms with Gasteiger partial charge in [-0.15, -0.1) is 0 Å². The van der Waals surface area contributed by atoms with Crippen LogP contribution in [0.1, 0.15) is 18.5 Å². The van der Waals surface area contributed by atoms with Crippen molar-refractivity contribution in [3.8, 4) is 5.75 Å². The molecule has 0 fully saturated rings. The summed E-state index contributed by atoms with van der Waals surface area (Å²) in [6.07, 6.45) is 0. The smallest absolute Gasteiger partial charge is 0.124 e. The molecule has 1 unspecified atom stereocenters. The van der Waals surface area contributed by atoms with Crippen LogP contribution in [-0.2, 0) is 0 Å². The van der Waals surface area contributed by atoms with Gasteiger partial charge in [-0.3, -0.25) is 0 Å². The second kappa shape index (κ2) is 8.39. The van der Waals surface area contributed by atoms with E-state index >= 15 is 0 Å². The Morgan fingerprint density at radius 3 is 2.82 bits per heavy atom. The number of hydrogen-bond acceptors (Lipinski definition) is 4. The van der Waals surface area contributed by atoms with Crippen LogP contribution in [0.25, 0.3) is 0 Å². The summed E-state index contributed by atoms with van der Waals surface area (Å²) < 4.78 is 5.63. The van der Waals surface area contributed by atoms with Crippen LogP contribution in [0, 0.1) is 0 Å². The van der Waals surface area contributed by atoms with Gasteiger partial charge in [0.05, 0.1) is 13.2 Å². The highest BCUT2D eigenvalue weighted by molar-refractivity contribution is 7.99. The third kappa shape index (κ3) is 4.58. The third-order valence-electron chi connectivity index (χ3n) is 2.46. The Morgan fingerprint density at radius 1 is 1.41 bits per heavy atom. The maximum Gasteiger partial charge on any atom is 0.124 e. The maximum absolute atomic E-state index is 8.80. The van der Waals surface area contributed by atoms with Crippen LogP contribution in [0.3, 0.4) is 0 Å². The van der Waals surface area contributed by atoms with E-state index in [1.165, 1.54) is 5.56 Å². The molecule has 0 spiro atoms. The standard InChI is InChI=1S/C13H21NO2S/c1-3-16-13-7-5-4-6-11(13)12(14-2)10-17-9-8-15/h4-7,12,14-15H,3,8-10H2,1-2H3. The summed E-state index contributed by atoms with van der Waals surface area (Å²) in [5.41, 5.74) is 1.18. The van der Waals surface area contributed by atoms with Gasteiger partial charge in [-0.25, -0.2) is 0 Å². The molecule has 1 aromatic carbocycles. The normalized spacial score (nSPS) is 12.4. The fraction of sp³-hybridized carbons (Fsp3) is 0.538. The first-order chi connectivity index (χ1) is 8.33. The van der Waals surface area contributed by atoms with Gasteiger partial charge in [-0.2, -0.15) is 11.8 Å². The van der Waals surface area contributed by atoms with Crippen LogP contribution in [0.2, 0.25) is 0 Å². The molecule has 0 aliphatic carbocycles. The predicted molar refractivity (Wildman–Crippen MR) is 73.8 cm³/mol. The van der Waals surface area contributed by atoms with Crippen LogP contribution in [0.15, 0.2) is 24.3 Å². The summed E-state index contributed by atoms with van der Waals surface area (Å²) in [7, 11) is 1.95. The summed E-state index contributed by atoms with van der Waals surface area (Å²) in [4.78, 5) is 0. The number of aliphatic hydroxyl groups is 1. The number of para-hydroxylation sites is 1. The van der Waals surface area contributed by atoms with Gasteiger partial charge in [-0.1, -0.05) is 18.2 Å². The molecule has 0 saturated carbocycles. The van der Waals surface area contributed by atoms with Crippen molar-refractivity contribution in [1.82, 2.24) is 5.32 Å². The van der Waals surface area contributed by atoms with Gasteiger partial charge in [0.25, 0.3) is 0 Å². The molecule has 17 heavy (non-hydrogen) atoms. The largest absolute Gasteiger partial charge is 0.494 e. The van der Waals surface area contributed by atoms with Crippen molar-refractivity contribution < 1.29 is 9.84 Å². The summed E-state index contributed by atoms with van der Waals surface area (Å²) in [6, 6.07) is 8.36. The molecule has 2 N–H and O–H groups in total. The Balaban J connectivity index is 2.72. The number of nitrogens with one attached hydrogen (secondary N) is 1. The van der Waals surface area contributed by atoms with Crippen molar-refractivity contribution in [2.24, 2.45) is 0 Å². The van der Waals surface area contributed by atoms with Crippen molar-refractivity contribution in [2.45, 2.75) is 13.0 Å². The first-order valence-corrected chi connectivity index (χ1v) is 7.06. The molecule has 0 aromatic heterocycles. The molecule has 1 atom stereocenters. The number of ether oxygens (including phenoxy) is 1. The van der Waals surface area contributed by atoms with E-state index in [9.17, 15) is 0 Å². The number of hydrogen-bond donors (Lipinski definition) is 2. The highest BCUT2D eigenvalue weighted by Crippen LogP contribution is 2.27. The lowest BCUT2D eigenvalue weighted by molar-refractivity contribution is 0.322. The number of aliphatic hydroxyl groups excluding tert-OH is 1. The molecule has 0 heterocycles. The minimum atomic E-state index is 0.230. The highest BCUT2D eigenvalue weighted by Gasteiger charge is 2.13. The van der Waals surface area contributed by atoms with E-state index < -0.39 is 0 Å². The highest BCUT2D eigenvalue weighted by atomic mass is 32.2. The number of rotatable bonds is 8. The molecular formula is C13H21NO2S. The van der Waals surface area contributed by atoms with Gasteiger partial charge in [0.15, 0.2) is 0 Å². The van der Waals surface area contributed by atoms with E-state index in [-0.39, 0.29) is 12.6 Å². The van der Waals surface area contributed by atoms with Crippen molar-refractivity contribution in [3.63, 3.8) is 0 Å². The quantitative estimate of drug-likeness (QED) is 0.698. The van der Waals surface area contributed by atoms with Gasteiger partial charge in [0, 0.05) is 23.1 Å². The summed E-state index contributed by atoms with van der Waals surface area (Å²) in [5, 5.41) is 12.1.